The number of carboxylic acid groups (broad SMARTS) is 1. The Bertz CT molecular complexity index is 476. The molecule has 1 atom stereocenters. The highest BCUT2D eigenvalue weighted by Gasteiger charge is 2.20. The van der Waals surface area contributed by atoms with Crippen molar-refractivity contribution in [3.05, 3.63) is 23.9 Å². The molecule has 1 heterocycles. The summed E-state index contributed by atoms with van der Waals surface area (Å²) in [7, 11) is 1.53. The number of carbonyl (C=O) groups excluding carboxylic acids is 1. The Labute approximate surface area is 123 Å². The van der Waals surface area contributed by atoms with Gasteiger partial charge in [-0.1, -0.05) is 6.07 Å². The maximum absolute atomic E-state index is 12.1. The fourth-order valence-electron chi connectivity index (χ4n) is 1.93. The van der Waals surface area contributed by atoms with Crippen molar-refractivity contribution in [2.75, 3.05) is 13.7 Å². The van der Waals surface area contributed by atoms with Crippen molar-refractivity contribution < 1.29 is 19.4 Å². The van der Waals surface area contributed by atoms with Crippen molar-refractivity contribution in [3.63, 3.8) is 0 Å². The van der Waals surface area contributed by atoms with E-state index in [4.69, 9.17) is 9.84 Å². The molecule has 21 heavy (non-hydrogen) atoms. The zero-order chi connectivity index (χ0) is 15.8. The van der Waals surface area contributed by atoms with Crippen molar-refractivity contribution in [1.29, 1.82) is 0 Å². The molecule has 0 bridgehead atoms. The highest BCUT2D eigenvalue weighted by atomic mass is 16.5. The van der Waals surface area contributed by atoms with E-state index < -0.39 is 5.97 Å². The monoisotopic (exact) mass is 295 g/mol. The molecule has 0 saturated heterocycles. The van der Waals surface area contributed by atoms with Crippen molar-refractivity contribution in [2.24, 2.45) is 0 Å². The largest absolute Gasteiger partial charge is 0.481 e. The lowest BCUT2D eigenvalue weighted by molar-refractivity contribution is -0.138. The lowest BCUT2D eigenvalue weighted by atomic mass is 10.2. The van der Waals surface area contributed by atoms with Crippen LogP contribution < -0.4 is 10.1 Å². The number of hydrogen-bond acceptors (Lipinski definition) is 4. The second-order valence-corrected chi connectivity index (χ2v) is 4.60. The quantitative estimate of drug-likeness (QED) is 0.795. The topological polar surface area (TPSA) is 91.8 Å². The van der Waals surface area contributed by atoms with Gasteiger partial charge >= 0.3 is 12.0 Å². The van der Waals surface area contributed by atoms with Gasteiger partial charge in [0.1, 0.15) is 0 Å². The normalized spacial score (nSPS) is 11.6. The first-order valence-electron chi connectivity index (χ1n) is 6.73. The second kappa shape index (κ2) is 8.08. The maximum atomic E-state index is 12.1. The maximum Gasteiger partial charge on any atom is 0.317 e. The molecule has 7 heteroatoms. The third kappa shape index (κ3) is 5.29. The number of rotatable bonds is 7. The number of nitrogens with zero attached hydrogens (tertiary/aromatic N) is 2. The van der Waals surface area contributed by atoms with E-state index in [1.54, 1.807) is 19.2 Å². The number of aliphatic carboxylic acids is 1. The molecule has 1 rings (SSSR count). The van der Waals surface area contributed by atoms with Crippen LogP contribution in [-0.2, 0) is 11.3 Å². The van der Waals surface area contributed by atoms with Crippen LogP contribution in [0.2, 0.25) is 0 Å². The van der Waals surface area contributed by atoms with E-state index in [0.717, 1.165) is 5.56 Å². The van der Waals surface area contributed by atoms with Crippen molar-refractivity contribution in [2.45, 2.75) is 32.9 Å². The van der Waals surface area contributed by atoms with Gasteiger partial charge in [-0.15, -0.1) is 0 Å². The van der Waals surface area contributed by atoms with Gasteiger partial charge in [-0.25, -0.2) is 9.78 Å². The summed E-state index contributed by atoms with van der Waals surface area (Å²) in [4.78, 5) is 28.3. The Hall–Kier alpha value is -2.31. The third-order valence-corrected chi connectivity index (χ3v) is 3.05. The van der Waals surface area contributed by atoms with Crippen LogP contribution in [-0.4, -0.2) is 46.7 Å². The molecule has 2 amide bonds. The minimum atomic E-state index is -0.923. The summed E-state index contributed by atoms with van der Waals surface area (Å²) in [5.74, 6) is -0.413. The highest BCUT2D eigenvalue weighted by molar-refractivity contribution is 5.75. The lowest BCUT2D eigenvalue weighted by Gasteiger charge is -2.27. The van der Waals surface area contributed by atoms with E-state index in [9.17, 15) is 9.59 Å². The molecule has 0 aliphatic rings. The van der Waals surface area contributed by atoms with Crippen molar-refractivity contribution in [3.8, 4) is 5.88 Å². The summed E-state index contributed by atoms with van der Waals surface area (Å²) in [6.45, 7) is 4.30. The number of amides is 2. The van der Waals surface area contributed by atoms with Gasteiger partial charge in [-0.3, -0.25) is 4.79 Å². The van der Waals surface area contributed by atoms with E-state index in [-0.39, 0.29) is 18.5 Å². The fourth-order valence-corrected chi connectivity index (χ4v) is 1.93. The summed E-state index contributed by atoms with van der Waals surface area (Å²) in [5, 5.41) is 11.5. The van der Waals surface area contributed by atoms with E-state index in [0.29, 0.717) is 19.0 Å². The summed E-state index contributed by atoms with van der Waals surface area (Å²) in [6.07, 6.45) is 1.54. The average molecular weight is 295 g/mol. The van der Waals surface area contributed by atoms with Gasteiger partial charge in [-0.05, 0) is 19.4 Å². The zero-order valence-electron chi connectivity index (χ0n) is 12.5. The van der Waals surface area contributed by atoms with Crippen molar-refractivity contribution in [1.82, 2.24) is 15.2 Å². The molecule has 1 aromatic rings. The number of carbonyl (C=O) groups is 2. The first-order valence-corrected chi connectivity index (χ1v) is 6.73. The van der Waals surface area contributed by atoms with Gasteiger partial charge < -0.3 is 20.1 Å². The van der Waals surface area contributed by atoms with Crippen LogP contribution in [0.3, 0.4) is 0 Å². The molecule has 0 aliphatic heterocycles. The average Bonchev–Trinajstić information content (AvgIpc) is 2.45. The summed E-state index contributed by atoms with van der Waals surface area (Å²) < 4.78 is 4.96. The minimum Gasteiger partial charge on any atom is -0.481 e. The van der Waals surface area contributed by atoms with Gasteiger partial charge in [-0.2, -0.15) is 0 Å². The Morgan fingerprint density at radius 1 is 1.48 bits per heavy atom. The minimum absolute atomic E-state index is 0.0780. The summed E-state index contributed by atoms with van der Waals surface area (Å²) >= 11 is 0. The van der Waals surface area contributed by atoms with E-state index >= 15 is 0 Å². The molecular formula is C14H21N3O4. The molecule has 0 spiro atoms. The van der Waals surface area contributed by atoms with Crippen molar-refractivity contribution >= 4 is 12.0 Å². The molecule has 0 saturated carbocycles. The molecule has 2 N–H and O–H groups in total. The molecule has 116 valence electrons. The number of aromatic nitrogens is 1. The number of pyridine rings is 1. The van der Waals surface area contributed by atoms with Crippen LogP contribution >= 0.6 is 0 Å². The van der Waals surface area contributed by atoms with E-state index in [2.05, 4.69) is 10.3 Å². The summed E-state index contributed by atoms with van der Waals surface area (Å²) in [5.41, 5.74) is 0.839. The zero-order valence-corrected chi connectivity index (χ0v) is 12.5. The van der Waals surface area contributed by atoms with Gasteiger partial charge in [0.05, 0.1) is 13.5 Å². The summed E-state index contributed by atoms with van der Waals surface area (Å²) in [6, 6.07) is 2.87. The first kappa shape index (κ1) is 16.7. The van der Waals surface area contributed by atoms with Crippen LogP contribution in [0, 0.1) is 0 Å². The SMILES string of the molecule is CCN(C(=O)NCc1ccc(OC)nc1)C(C)CC(=O)O. The molecular weight excluding hydrogens is 274 g/mol. The number of carboxylic acids is 1. The number of nitrogens with one attached hydrogen (secondary N) is 1. The van der Waals surface area contributed by atoms with Gasteiger partial charge in [0.25, 0.3) is 0 Å². The predicted molar refractivity (Wildman–Crippen MR) is 77.1 cm³/mol. The smallest absolute Gasteiger partial charge is 0.317 e. The number of urea groups is 1. The second-order valence-electron chi connectivity index (χ2n) is 4.60. The molecule has 0 aliphatic carbocycles. The Morgan fingerprint density at radius 3 is 2.67 bits per heavy atom. The third-order valence-electron chi connectivity index (χ3n) is 3.05. The van der Waals surface area contributed by atoms with Gasteiger partial charge in [0.2, 0.25) is 5.88 Å². The van der Waals surface area contributed by atoms with E-state index in [1.807, 2.05) is 13.0 Å². The van der Waals surface area contributed by atoms with Crippen LogP contribution in [0.1, 0.15) is 25.8 Å². The lowest BCUT2D eigenvalue weighted by Crippen LogP contribution is -2.45. The fraction of sp³-hybridized carbons (Fsp3) is 0.500. The molecule has 0 radical (unpaired) electrons. The number of ether oxygens (including phenoxy) is 1. The Kier molecular flexibility index (Phi) is 6.45. The van der Waals surface area contributed by atoms with Crippen LogP contribution in [0.15, 0.2) is 18.3 Å². The highest BCUT2D eigenvalue weighted by Crippen LogP contribution is 2.08. The Balaban J connectivity index is 2.55. The Morgan fingerprint density at radius 2 is 2.19 bits per heavy atom. The first-order chi connectivity index (χ1) is 9.97. The molecule has 0 fully saturated rings. The van der Waals surface area contributed by atoms with Crippen LogP contribution in [0.25, 0.3) is 0 Å². The standard InChI is InChI=1S/C14H21N3O4/c1-4-17(10(2)7-13(18)19)14(20)16-9-11-5-6-12(21-3)15-8-11/h5-6,8,10H,4,7,9H2,1-3H3,(H,16,20)(H,18,19). The van der Waals surface area contributed by atoms with Gasteiger partial charge in [0.15, 0.2) is 0 Å². The predicted octanol–water partition coefficient (Wildman–Crippen LogP) is 1.48. The van der Waals surface area contributed by atoms with E-state index in [1.165, 1.54) is 12.0 Å². The molecule has 7 nitrogen and oxygen atoms in total. The van der Waals surface area contributed by atoms with Crippen LogP contribution in [0.4, 0.5) is 4.79 Å². The molecule has 1 unspecified atom stereocenters. The number of hydrogen-bond donors (Lipinski definition) is 2. The molecule has 0 aromatic carbocycles. The number of methoxy groups -OCH3 is 1. The molecule has 1 aromatic heterocycles. The van der Waals surface area contributed by atoms with Gasteiger partial charge in [0, 0.05) is 31.4 Å². The van der Waals surface area contributed by atoms with Crippen LogP contribution in [0.5, 0.6) is 5.88 Å².